The predicted molar refractivity (Wildman–Crippen MR) is 85.5 cm³/mol. The fraction of sp³-hybridized carbons (Fsp3) is 0.765. The van der Waals surface area contributed by atoms with Crippen LogP contribution in [0.4, 0.5) is 4.79 Å². The second-order valence-corrected chi connectivity index (χ2v) is 7.03. The number of rotatable bonds is 7. The van der Waals surface area contributed by atoms with Crippen molar-refractivity contribution < 1.29 is 19.1 Å². The number of hydrogen-bond acceptors (Lipinski definition) is 4. The highest BCUT2D eigenvalue weighted by Crippen LogP contribution is 2.23. The zero-order chi connectivity index (χ0) is 16.8. The summed E-state index contributed by atoms with van der Waals surface area (Å²) in [6, 6.07) is -0.207. The molecular formula is C17H29NO4. The number of esters is 1. The van der Waals surface area contributed by atoms with Crippen LogP contribution in [0, 0.1) is 5.92 Å². The van der Waals surface area contributed by atoms with Crippen LogP contribution in [-0.2, 0) is 14.3 Å². The summed E-state index contributed by atoms with van der Waals surface area (Å²) in [4.78, 5) is 23.4. The lowest BCUT2D eigenvalue weighted by Gasteiger charge is -2.28. The predicted octanol–water partition coefficient (Wildman–Crippen LogP) is 3.58. The van der Waals surface area contributed by atoms with E-state index in [2.05, 4.69) is 18.8 Å². The number of allylic oxidation sites excluding steroid dienone is 1. The molecule has 1 N–H and O–H groups in total. The standard InChI is InChI=1S/C17H29NO4/c1-6-7-8-12(2)11-13(14-9-10-15(19)21-14)18-16(20)22-17(3,4)5/h6,12-14H,1,7-11H2,2-5H3,(H,18,20). The van der Waals surface area contributed by atoms with Crippen molar-refractivity contribution in [2.75, 3.05) is 0 Å². The Labute approximate surface area is 133 Å². The van der Waals surface area contributed by atoms with Crippen LogP contribution in [0.5, 0.6) is 0 Å². The molecule has 1 rings (SSSR count). The van der Waals surface area contributed by atoms with Gasteiger partial charge in [0.15, 0.2) is 0 Å². The van der Waals surface area contributed by atoms with Gasteiger partial charge in [0, 0.05) is 6.42 Å². The molecule has 5 heteroatoms. The van der Waals surface area contributed by atoms with Gasteiger partial charge in [-0.2, -0.15) is 0 Å². The van der Waals surface area contributed by atoms with Gasteiger partial charge in [-0.25, -0.2) is 4.79 Å². The third-order valence-electron chi connectivity index (χ3n) is 3.59. The first-order chi connectivity index (χ1) is 10.2. The number of alkyl carbamates (subject to hydrolysis) is 1. The van der Waals surface area contributed by atoms with Gasteiger partial charge in [-0.05, 0) is 52.4 Å². The number of hydrogen-bond donors (Lipinski definition) is 1. The van der Waals surface area contributed by atoms with Crippen LogP contribution < -0.4 is 5.32 Å². The minimum Gasteiger partial charge on any atom is -0.460 e. The van der Waals surface area contributed by atoms with Crippen LogP contribution in [0.15, 0.2) is 12.7 Å². The molecule has 1 amide bonds. The second-order valence-electron chi connectivity index (χ2n) is 7.03. The Morgan fingerprint density at radius 2 is 2.23 bits per heavy atom. The number of nitrogens with one attached hydrogen (secondary N) is 1. The van der Waals surface area contributed by atoms with E-state index in [0.29, 0.717) is 18.8 Å². The summed E-state index contributed by atoms with van der Waals surface area (Å²) in [5.74, 6) is 0.206. The van der Waals surface area contributed by atoms with Crippen molar-refractivity contribution in [3.8, 4) is 0 Å². The first-order valence-corrected chi connectivity index (χ1v) is 8.01. The van der Waals surface area contributed by atoms with Crippen LogP contribution >= 0.6 is 0 Å². The van der Waals surface area contributed by atoms with E-state index >= 15 is 0 Å². The Hall–Kier alpha value is -1.52. The average molecular weight is 311 g/mol. The molecule has 3 unspecified atom stereocenters. The molecule has 0 radical (unpaired) electrons. The van der Waals surface area contributed by atoms with Gasteiger partial charge in [0.05, 0.1) is 6.04 Å². The second kappa shape index (κ2) is 8.20. The Kier molecular flexibility index (Phi) is 6.91. The van der Waals surface area contributed by atoms with Gasteiger partial charge in [0.25, 0.3) is 0 Å². The molecule has 1 heterocycles. The van der Waals surface area contributed by atoms with E-state index in [0.717, 1.165) is 19.3 Å². The lowest BCUT2D eigenvalue weighted by atomic mass is 9.93. The zero-order valence-electron chi connectivity index (χ0n) is 14.2. The highest BCUT2D eigenvalue weighted by atomic mass is 16.6. The van der Waals surface area contributed by atoms with Crippen LogP contribution in [-0.4, -0.2) is 29.8 Å². The van der Waals surface area contributed by atoms with Gasteiger partial charge >= 0.3 is 12.1 Å². The minimum absolute atomic E-state index is 0.195. The Morgan fingerprint density at radius 3 is 2.73 bits per heavy atom. The van der Waals surface area contributed by atoms with Gasteiger partial charge < -0.3 is 14.8 Å². The molecule has 3 atom stereocenters. The van der Waals surface area contributed by atoms with Gasteiger partial charge in [-0.1, -0.05) is 13.0 Å². The fourth-order valence-corrected chi connectivity index (χ4v) is 2.55. The quantitative estimate of drug-likeness (QED) is 0.576. The van der Waals surface area contributed by atoms with Crippen molar-refractivity contribution in [2.45, 2.75) is 77.5 Å². The summed E-state index contributed by atoms with van der Waals surface area (Å²) in [6.45, 7) is 11.3. The van der Waals surface area contributed by atoms with Crippen LogP contribution in [0.2, 0.25) is 0 Å². The van der Waals surface area contributed by atoms with Crippen molar-refractivity contribution in [3.05, 3.63) is 12.7 Å². The normalized spacial score (nSPS) is 20.9. The topological polar surface area (TPSA) is 64.6 Å². The molecule has 1 saturated heterocycles. The number of cyclic esters (lactones) is 1. The lowest BCUT2D eigenvalue weighted by molar-refractivity contribution is -0.142. The number of amides is 1. The molecule has 0 saturated carbocycles. The van der Waals surface area contributed by atoms with E-state index in [1.165, 1.54) is 0 Å². The maximum absolute atomic E-state index is 12.0. The maximum Gasteiger partial charge on any atom is 0.408 e. The molecule has 1 aliphatic rings. The summed E-state index contributed by atoms with van der Waals surface area (Å²) in [6.07, 6.45) is 4.92. The molecule has 0 aromatic carbocycles. The van der Waals surface area contributed by atoms with Crippen molar-refractivity contribution in [1.82, 2.24) is 5.32 Å². The third-order valence-corrected chi connectivity index (χ3v) is 3.59. The summed E-state index contributed by atoms with van der Waals surface area (Å²) < 4.78 is 10.6. The molecule has 1 aliphatic heterocycles. The number of carbonyl (C=O) groups is 2. The van der Waals surface area contributed by atoms with Gasteiger partial charge in [0.2, 0.25) is 0 Å². The Morgan fingerprint density at radius 1 is 1.55 bits per heavy atom. The molecular weight excluding hydrogens is 282 g/mol. The smallest absolute Gasteiger partial charge is 0.408 e. The van der Waals surface area contributed by atoms with Crippen molar-refractivity contribution in [2.24, 2.45) is 5.92 Å². The van der Waals surface area contributed by atoms with Crippen LogP contribution in [0.25, 0.3) is 0 Å². The summed E-state index contributed by atoms with van der Waals surface area (Å²) in [5, 5.41) is 2.88. The number of ether oxygens (including phenoxy) is 2. The Bertz CT molecular complexity index is 400. The van der Waals surface area contributed by atoms with E-state index in [4.69, 9.17) is 9.47 Å². The average Bonchev–Trinajstić information content (AvgIpc) is 2.80. The molecule has 22 heavy (non-hydrogen) atoms. The van der Waals surface area contributed by atoms with Crippen LogP contribution in [0.1, 0.15) is 59.8 Å². The summed E-state index contributed by atoms with van der Waals surface area (Å²) >= 11 is 0. The largest absolute Gasteiger partial charge is 0.460 e. The fourth-order valence-electron chi connectivity index (χ4n) is 2.55. The monoisotopic (exact) mass is 311 g/mol. The van der Waals surface area contributed by atoms with Gasteiger partial charge in [-0.15, -0.1) is 6.58 Å². The van der Waals surface area contributed by atoms with E-state index in [-0.39, 0.29) is 18.1 Å². The van der Waals surface area contributed by atoms with Crippen LogP contribution in [0.3, 0.4) is 0 Å². The van der Waals surface area contributed by atoms with Gasteiger partial charge in [-0.3, -0.25) is 4.79 Å². The molecule has 0 aromatic heterocycles. The van der Waals surface area contributed by atoms with E-state index < -0.39 is 11.7 Å². The molecule has 5 nitrogen and oxygen atoms in total. The first kappa shape index (κ1) is 18.5. The number of carbonyl (C=O) groups excluding carboxylic acids is 2. The van der Waals surface area contributed by atoms with Crippen molar-refractivity contribution in [1.29, 1.82) is 0 Å². The third kappa shape index (κ3) is 6.96. The van der Waals surface area contributed by atoms with E-state index in [9.17, 15) is 9.59 Å². The SMILES string of the molecule is C=CCCC(C)CC(NC(=O)OC(C)(C)C)C1CCC(=O)O1. The molecule has 0 spiro atoms. The molecule has 0 bridgehead atoms. The van der Waals surface area contributed by atoms with Gasteiger partial charge in [0.1, 0.15) is 11.7 Å². The molecule has 126 valence electrons. The van der Waals surface area contributed by atoms with Crippen molar-refractivity contribution >= 4 is 12.1 Å². The summed E-state index contributed by atoms with van der Waals surface area (Å²) in [5.41, 5.74) is -0.546. The molecule has 0 aromatic rings. The minimum atomic E-state index is -0.546. The zero-order valence-corrected chi connectivity index (χ0v) is 14.2. The first-order valence-electron chi connectivity index (χ1n) is 8.01. The molecule has 1 fully saturated rings. The summed E-state index contributed by atoms with van der Waals surface area (Å²) in [7, 11) is 0. The Balaban J connectivity index is 2.63. The maximum atomic E-state index is 12.0. The highest BCUT2D eigenvalue weighted by molar-refractivity contribution is 5.72. The van der Waals surface area contributed by atoms with E-state index in [1.807, 2.05) is 26.8 Å². The van der Waals surface area contributed by atoms with Crippen molar-refractivity contribution in [3.63, 3.8) is 0 Å². The molecule has 0 aliphatic carbocycles. The van der Waals surface area contributed by atoms with E-state index in [1.54, 1.807) is 0 Å². The highest BCUT2D eigenvalue weighted by Gasteiger charge is 2.33. The lowest BCUT2D eigenvalue weighted by Crippen LogP contribution is -2.46.